The standard InChI is InChI=1S/C40H60O6/c1-7-9-17-33-19-13-11-15-29(27-41)22-32-25-37(45-5)40(38(26-32)46-6)34(18-10-8-2)20-14-12-16-30(28-42)21-31-23-35(43-3)39(33)36(24-31)44-4/h21-26,33-34,41-42H,7-20,27-28H2,1-6H3/b29-22+,30-21+/t33-,34-/m0/s1. The maximum atomic E-state index is 10.3. The second-order valence-corrected chi connectivity index (χ2v) is 12.8. The quantitative estimate of drug-likeness (QED) is 0.242. The number of aliphatic hydroxyl groups excluding tert-OH is 2. The summed E-state index contributed by atoms with van der Waals surface area (Å²) in [5.74, 6) is 4.03. The van der Waals surface area contributed by atoms with Gasteiger partial charge in [0.15, 0.2) is 0 Å². The largest absolute Gasteiger partial charge is 0.496 e. The third-order valence-electron chi connectivity index (χ3n) is 9.51. The highest BCUT2D eigenvalue weighted by atomic mass is 16.5. The van der Waals surface area contributed by atoms with E-state index in [1.165, 1.54) is 0 Å². The summed E-state index contributed by atoms with van der Waals surface area (Å²) in [5, 5.41) is 20.6. The van der Waals surface area contributed by atoms with Gasteiger partial charge in [-0.2, -0.15) is 0 Å². The predicted molar refractivity (Wildman–Crippen MR) is 191 cm³/mol. The minimum absolute atomic E-state index is 0.0250. The Kier molecular flexibility index (Phi) is 16.6. The van der Waals surface area contributed by atoms with Crippen molar-refractivity contribution >= 4 is 12.2 Å². The molecule has 4 aliphatic rings. The van der Waals surface area contributed by atoms with Gasteiger partial charge in [-0.05, 0) is 110 Å². The molecule has 0 fully saturated rings. The van der Waals surface area contributed by atoms with Gasteiger partial charge >= 0.3 is 0 Å². The van der Waals surface area contributed by atoms with Gasteiger partial charge in [-0.3, -0.25) is 0 Å². The molecule has 2 aromatic carbocycles. The van der Waals surface area contributed by atoms with Crippen molar-refractivity contribution in [3.05, 3.63) is 57.7 Å². The molecule has 0 spiro atoms. The van der Waals surface area contributed by atoms with E-state index in [0.29, 0.717) is 11.8 Å². The summed E-state index contributed by atoms with van der Waals surface area (Å²) in [6.45, 7) is 4.51. The van der Waals surface area contributed by atoms with Crippen LogP contribution in [0, 0.1) is 0 Å². The van der Waals surface area contributed by atoms with Crippen LogP contribution >= 0.6 is 0 Å². The molecule has 0 amide bonds. The summed E-state index contributed by atoms with van der Waals surface area (Å²) < 4.78 is 24.0. The van der Waals surface area contributed by atoms with E-state index >= 15 is 0 Å². The molecule has 0 saturated heterocycles. The van der Waals surface area contributed by atoms with Crippen LogP contribution in [-0.4, -0.2) is 51.9 Å². The number of unbranched alkanes of at least 4 members (excludes halogenated alkanes) is 2. The second kappa shape index (κ2) is 20.3. The number of hydrogen-bond acceptors (Lipinski definition) is 6. The summed E-state index contributed by atoms with van der Waals surface area (Å²) in [6.07, 6.45) is 18.5. The van der Waals surface area contributed by atoms with Crippen molar-refractivity contribution in [2.45, 2.75) is 116 Å². The normalized spacial score (nSPS) is 20.5. The summed E-state index contributed by atoms with van der Waals surface area (Å²) in [6, 6.07) is 8.42. The number of hydrogen-bond donors (Lipinski definition) is 2. The molecule has 46 heavy (non-hydrogen) atoms. The molecular formula is C40H60O6. The van der Waals surface area contributed by atoms with Crippen LogP contribution in [0.3, 0.4) is 0 Å². The molecular weight excluding hydrogens is 576 g/mol. The van der Waals surface area contributed by atoms with Gasteiger partial charge < -0.3 is 29.2 Å². The molecule has 2 aromatic rings. The van der Waals surface area contributed by atoms with Gasteiger partial charge in [-0.1, -0.05) is 64.5 Å². The van der Waals surface area contributed by atoms with Gasteiger partial charge in [0, 0.05) is 11.1 Å². The fourth-order valence-corrected chi connectivity index (χ4v) is 7.01. The first-order valence-corrected chi connectivity index (χ1v) is 17.6. The van der Waals surface area contributed by atoms with E-state index in [1.807, 2.05) is 0 Å². The first kappa shape index (κ1) is 37.5. The van der Waals surface area contributed by atoms with E-state index in [4.69, 9.17) is 18.9 Å². The SMILES string of the molecule is CCCC[C@H]1CCCC/C(CO)=C\c2cc(OC)c(c(OC)c2)[C@@H](CCCC)CCCC/C(CO)=C\c2cc(OC)c1c(OC)c2. The molecule has 6 heteroatoms. The molecule has 6 rings (SSSR count). The zero-order valence-electron chi connectivity index (χ0n) is 29.5. The molecule has 0 aliphatic heterocycles. The topological polar surface area (TPSA) is 77.4 Å². The second-order valence-electron chi connectivity index (χ2n) is 12.8. The maximum Gasteiger partial charge on any atom is 0.126 e. The lowest BCUT2D eigenvalue weighted by Crippen LogP contribution is -2.07. The van der Waals surface area contributed by atoms with Crippen molar-refractivity contribution in [1.29, 1.82) is 0 Å². The zero-order valence-corrected chi connectivity index (χ0v) is 29.5. The highest BCUT2D eigenvalue weighted by molar-refractivity contribution is 5.63. The van der Waals surface area contributed by atoms with Crippen LogP contribution in [0.15, 0.2) is 35.4 Å². The average Bonchev–Trinajstić information content (AvgIpc) is 3.08. The Labute approximate surface area is 278 Å². The van der Waals surface area contributed by atoms with Gasteiger partial charge in [0.2, 0.25) is 0 Å². The minimum Gasteiger partial charge on any atom is -0.496 e. The lowest BCUT2D eigenvalue weighted by Gasteiger charge is -2.24. The molecule has 0 unspecified atom stereocenters. The van der Waals surface area contributed by atoms with Gasteiger partial charge in [-0.25, -0.2) is 0 Å². The third kappa shape index (κ3) is 10.5. The predicted octanol–water partition coefficient (Wildman–Crippen LogP) is 9.85. The summed E-state index contributed by atoms with van der Waals surface area (Å²) in [7, 11) is 6.96. The van der Waals surface area contributed by atoms with Crippen LogP contribution in [-0.2, 0) is 0 Å². The summed E-state index contributed by atoms with van der Waals surface area (Å²) in [4.78, 5) is 0. The number of benzene rings is 2. The van der Waals surface area contributed by atoms with E-state index in [1.54, 1.807) is 28.4 Å². The number of aliphatic hydroxyl groups is 2. The van der Waals surface area contributed by atoms with Crippen LogP contribution in [0.25, 0.3) is 12.2 Å². The molecule has 4 bridgehead atoms. The smallest absolute Gasteiger partial charge is 0.126 e. The fourth-order valence-electron chi connectivity index (χ4n) is 7.01. The number of ether oxygens (including phenoxy) is 4. The lowest BCUT2D eigenvalue weighted by molar-refractivity contribution is 0.325. The molecule has 256 valence electrons. The van der Waals surface area contributed by atoms with E-state index in [0.717, 1.165) is 146 Å². The van der Waals surface area contributed by atoms with Crippen molar-refractivity contribution in [1.82, 2.24) is 0 Å². The Morgan fingerprint density at radius 2 is 0.913 bits per heavy atom. The first-order chi connectivity index (χ1) is 22.5. The molecule has 0 heterocycles. The van der Waals surface area contributed by atoms with E-state index in [2.05, 4.69) is 50.3 Å². The van der Waals surface area contributed by atoms with E-state index < -0.39 is 0 Å². The molecule has 4 aliphatic carbocycles. The average molecular weight is 637 g/mol. The molecule has 6 nitrogen and oxygen atoms in total. The Balaban J connectivity index is 2.07. The number of rotatable bonds is 12. The monoisotopic (exact) mass is 636 g/mol. The van der Waals surface area contributed by atoms with E-state index in [9.17, 15) is 10.2 Å². The molecule has 0 aromatic heterocycles. The fraction of sp³-hybridized carbons (Fsp3) is 0.600. The molecule has 0 radical (unpaired) electrons. The number of methoxy groups -OCH3 is 4. The van der Waals surface area contributed by atoms with E-state index in [-0.39, 0.29) is 13.2 Å². The van der Waals surface area contributed by atoms with Crippen LogP contribution < -0.4 is 18.9 Å². The van der Waals surface area contributed by atoms with Crippen LogP contribution in [0.2, 0.25) is 0 Å². The maximum absolute atomic E-state index is 10.3. The van der Waals surface area contributed by atoms with Crippen LogP contribution in [0.4, 0.5) is 0 Å². The van der Waals surface area contributed by atoms with Gasteiger partial charge in [-0.15, -0.1) is 0 Å². The van der Waals surface area contributed by atoms with Crippen molar-refractivity contribution in [2.24, 2.45) is 0 Å². The zero-order chi connectivity index (χ0) is 33.3. The van der Waals surface area contributed by atoms with Crippen molar-refractivity contribution in [3.8, 4) is 23.0 Å². The van der Waals surface area contributed by atoms with Crippen molar-refractivity contribution < 1.29 is 29.2 Å². The Bertz CT molecular complexity index is 1110. The Morgan fingerprint density at radius 3 is 1.20 bits per heavy atom. The highest BCUT2D eigenvalue weighted by Gasteiger charge is 2.24. The van der Waals surface area contributed by atoms with Crippen LogP contribution in [0.1, 0.15) is 138 Å². The minimum atomic E-state index is 0.0250. The summed E-state index contributed by atoms with van der Waals surface area (Å²) >= 11 is 0. The van der Waals surface area contributed by atoms with Crippen LogP contribution in [0.5, 0.6) is 23.0 Å². The van der Waals surface area contributed by atoms with Gasteiger partial charge in [0.05, 0.1) is 41.7 Å². The Morgan fingerprint density at radius 1 is 0.565 bits per heavy atom. The Hall–Kier alpha value is -2.96. The summed E-state index contributed by atoms with van der Waals surface area (Å²) in [5.41, 5.74) is 6.28. The molecule has 2 N–H and O–H groups in total. The van der Waals surface area contributed by atoms with Gasteiger partial charge in [0.1, 0.15) is 23.0 Å². The first-order valence-electron chi connectivity index (χ1n) is 17.6. The van der Waals surface area contributed by atoms with Crippen molar-refractivity contribution in [2.75, 3.05) is 41.7 Å². The lowest BCUT2D eigenvalue weighted by atomic mass is 9.85. The molecule has 2 atom stereocenters. The molecule has 0 saturated carbocycles. The third-order valence-corrected chi connectivity index (χ3v) is 9.51. The van der Waals surface area contributed by atoms with Crippen molar-refractivity contribution in [3.63, 3.8) is 0 Å². The van der Waals surface area contributed by atoms with Gasteiger partial charge in [0.25, 0.3) is 0 Å². The highest BCUT2D eigenvalue weighted by Crippen LogP contribution is 2.44.